The highest BCUT2D eigenvalue weighted by Gasteiger charge is 2.34. The van der Waals surface area contributed by atoms with Crippen molar-refractivity contribution in [2.24, 2.45) is 11.7 Å². The fourth-order valence-electron chi connectivity index (χ4n) is 3.29. The van der Waals surface area contributed by atoms with Gasteiger partial charge in [0.15, 0.2) is 0 Å². The molecule has 27 heavy (non-hydrogen) atoms. The van der Waals surface area contributed by atoms with Gasteiger partial charge in [0.1, 0.15) is 18.2 Å². The van der Waals surface area contributed by atoms with Crippen LogP contribution < -0.4 is 10.5 Å². The number of hydrogen-bond acceptors (Lipinski definition) is 5. The molecular weight excluding hydrogens is 412 g/mol. The van der Waals surface area contributed by atoms with Crippen LogP contribution in [0.3, 0.4) is 0 Å². The first kappa shape index (κ1) is 19.3. The number of aryl methyl sites for hydroxylation is 1. The van der Waals surface area contributed by atoms with Gasteiger partial charge in [0.05, 0.1) is 11.3 Å². The maximum atomic E-state index is 12.8. The number of benzene rings is 1. The van der Waals surface area contributed by atoms with Crippen LogP contribution in [0.4, 0.5) is 0 Å². The minimum absolute atomic E-state index is 0.136. The average molecular weight is 433 g/mol. The molecule has 0 bridgehead atoms. The van der Waals surface area contributed by atoms with Gasteiger partial charge in [-0.1, -0.05) is 22.0 Å². The number of amides is 2. The summed E-state index contributed by atoms with van der Waals surface area (Å²) in [5.74, 6) is -0.000105. The monoisotopic (exact) mass is 432 g/mol. The number of nitrogens with zero attached hydrogens (tertiary/aromatic N) is 3. The van der Waals surface area contributed by atoms with E-state index in [1.807, 2.05) is 24.3 Å². The minimum Gasteiger partial charge on any atom is -0.490 e. The van der Waals surface area contributed by atoms with Crippen molar-refractivity contribution in [3.63, 3.8) is 0 Å². The summed E-state index contributed by atoms with van der Waals surface area (Å²) in [4.78, 5) is 34.1. The zero-order chi connectivity index (χ0) is 19.4. The number of carbonyl (C=O) groups excluding carboxylic acids is 2. The van der Waals surface area contributed by atoms with Gasteiger partial charge in [0.2, 0.25) is 5.91 Å². The number of rotatable bonds is 5. The lowest BCUT2D eigenvalue weighted by Crippen LogP contribution is -2.49. The summed E-state index contributed by atoms with van der Waals surface area (Å²) in [5, 5.41) is 0. The Morgan fingerprint density at radius 3 is 2.93 bits per heavy atom. The van der Waals surface area contributed by atoms with E-state index in [4.69, 9.17) is 10.5 Å². The van der Waals surface area contributed by atoms with Crippen LogP contribution in [0.5, 0.6) is 5.75 Å². The molecule has 1 aliphatic rings. The van der Waals surface area contributed by atoms with Crippen LogP contribution in [0.1, 0.15) is 28.9 Å². The van der Waals surface area contributed by atoms with Crippen molar-refractivity contribution >= 4 is 27.7 Å². The van der Waals surface area contributed by atoms with Gasteiger partial charge in [-0.05, 0) is 25.1 Å². The van der Waals surface area contributed by atoms with E-state index in [0.717, 1.165) is 10.2 Å². The van der Waals surface area contributed by atoms with Crippen LogP contribution in [0.25, 0.3) is 0 Å². The molecule has 8 heteroatoms. The van der Waals surface area contributed by atoms with Gasteiger partial charge in [-0.15, -0.1) is 0 Å². The molecule has 3 rings (SSSR count). The summed E-state index contributed by atoms with van der Waals surface area (Å²) >= 11 is 3.42. The molecule has 0 unspecified atom stereocenters. The summed E-state index contributed by atoms with van der Waals surface area (Å²) in [6.45, 7) is 2.70. The van der Waals surface area contributed by atoms with E-state index in [-0.39, 0.29) is 24.3 Å². The van der Waals surface area contributed by atoms with E-state index in [9.17, 15) is 9.59 Å². The normalized spacial score (nSPS) is 19.6. The van der Waals surface area contributed by atoms with Crippen molar-refractivity contribution in [2.45, 2.75) is 25.9 Å². The zero-order valence-electron chi connectivity index (χ0n) is 15.0. The second-order valence-corrected chi connectivity index (χ2v) is 7.52. The largest absolute Gasteiger partial charge is 0.490 e. The summed E-state index contributed by atoms with van der Waals surface area (Å²) in [7, 11) is 0. The van der Waals surface area contributed by atoms with Gasteiger partial charge in [0, 0.05) is 42.5 Å². The third-order valence-electron chi connectivity index (χ3n) is 4.64. The SMILES string of the molecule is Cc1ncncc1C(=O)N1CC[C@H](Oc2cccc(Br)c2)[C@@H](CC(N)=O)C1. The molecular formula is C19H21BrN4O3. The lowest BCUT2D eigenvalue weighted by molar-refractivity contribution is -0.120. The number of piperidine rings is 1. The molecule has 2 atom stereocenters. The van der Waals surface area contributed by atoms with Gasteiger partial charge in [-0.25, -0.2) is 9.97 Å². The summed E-state index contributed by atoms with van der Waals surface area (Å²) in [6.07, 6.45) is 3.53. The summed E-state index contributed by atoms with van der Waals surface area (Å²) < 4.78 is 7.02. The van der Waals surface area contributed by atoms with Crippen molar-refractivity contribution in [3.05, 3.63) is 52.5 Å². The predicted molar refractivity (Wildman–Crippen MR) is 103 cm³/mol. The van der Waals surface area contributed by atoms with Gasteiger partial charge in [0.25, 0.3) is 5.91 Å². The first-order chi connectivity index (χ1) is 12.9. The lowest BCUT2D eigenvalue weighted by atomic mass is 9.90. The second-order valence-electron chi connectivity index (χ2n) is 6.61. The summed E-state index contributed by atoms with van der Waals surface area (Å²) in [6, 6.07) is 7.55. The number of nitrogens with two attached hydrogens (primary N) is 1. The highest BCUT2D eigenvalue weighted by atomic mass is 79.9. The van der Waals surface area contributed by atoms with Crippen LogP contribution in [0, 0.1) is 12.8 Å². The number of carbonyl (C=O) groups is 2. The molecule has 0 spiro atoms. The van der Waals surface area contributed by atoms with E-state index >= 15 is 0 Å². The molecule has 2 N–H and O–H groups in total. The van der Waals surface area contributed by atoms with E-state index in [0.29, 0.717) is 30.8 Å². The van der Waals surface area contributed by atoms with Gasteiger partial charge < -0.3 is 15.4 Å². The topological polar surface area (TPSA) is 98.4 Å². The second kappa shape index (κ2) is 8.47. The molecule has 1 saturated heterocycles. The Balaban J connectivity index is 1.75. The molecule has 2 amide bonds. The summed E-state index contributed by atoms with van der Waals surface area (Å²) in [5.41, 5.74) is 6.54. The zero-order valence-corrected chi connectivity index (χ0v) is 16.6. The van der Waals surface area contributed by atoms with Crippen LogP contribution in [-0.4, -0.2) is 45.9 Å². The number of primary amides is 1. The smallest absolute Gasteiger partial charge is 0.257 e. The van der Waals surface area contributed by atoms with Crippen molar-refractivity contribution in [1.82, 2.24) is 14.9 Å². The maximum Gasteiger partial charge on any atom is 0.257 e. The predicted octanol–water partition coefficient (Wildman–Crippen LogP) is 2.33. The standard InChI is InChI=1S/C19H21BrN4O3/c1-12-16(9-22-11-23-12)19(26)24-6-5-17(13(10-24)7-18(21)25)27-15-4-2-3-14(20)8-15/h2-4,8-9,11,13,17H,5-7,10H2,1H3,(H2,21,25)/t13-,17-/m0/s1. The van der Waals surface area contributed by atoms with Crippen molar-refractivity contribution < 1.29 is 14.3 Å². The van der Waals surface area contributed by atoms with Crippen LogP contribution in [0.2, 0.25) is 0 Å². The number of halogens is 1. The molecule has 2 heterocycles. The molecule has 142 valence electrons. The number of likely N-dealkylation sites (tertiary alicyclic amines) is 1. The third-order valence-corrected chi connectivity index (χ3v) is 5.13. The quantitative estimate of drug-likeness (QED) is 0.781. The third kappa shape index (κ3) is 4.82. The lowest BCUT2D eigenvalue weighted by Gasteiger charge is -2.38. The Morgan fingerprint density at radius 2 is 2.22 bits per heavy atom. The fourth-order valence-corrected chi connectivity index (χ4v) is 3.67. The Kier molecular flexibility index (Phi) is 6.05. The van der Waals surface area contributed by atoms with Crippen molar-refractivity contribution in [2.75, 3.05) is 13.1 Å². The first-order valence-corrected chi connectivity index (χ1v) is 9.49. The average Bonchev–Trinajstić information content (AvgIpc) is 2.62. The molecule has 1 aromatic heterocycles. The highest BCUT2D eigenvalue weighted by Crippen LogP contribution is 2.28. The molecule has 0 saturated carbocycles. The van der Waals surface area contributed by atoms with Gasteiger partial charge in [-0.3, -0.25) is 9.59 Å². The van der Waals surface area contributed by atoms with Crippen LogP contribution in [-0.2, 0) is 4.79 Å². The molecule has 1 aliphatic heterocycles. The Hall–Kier alpha value is -2.48. The van der Waals surface area contributed by atoms with Crippen molar-refractivity contribution in [1.29, 1.82) is 0 Å². The first-order valence-electron chi connectivity index (χ1n) is 8.70. The Labute approximate surface area is 166 Å². The number of hydrogen-bond donors (Lipinski definition) is 1. The van der Waals surface area contributed by atoms with E-state index in [1.54, 1.807) is 11.8 Å². The van der Waals surface area contributed by atoms with E-state index in [1.165, 1.54) is 12.5 Å². The molecule has 1 fully saturated rings. The van der Waals surface area contributed by atoms with Gasteiger partial charge >= 0.3 is 0 Å². The molecule has 0 aliphatic carbocycles. The van der Waals surface area contributed by atoms with Gasteiger partial charge in [-0.2, -0.15) is 0 Å². The van der Waals surface area contributed by atoms with Crippen LogP contribution >= 0.6 is 15.9 Å². The Bertz CT molecular complexity index is 845. The fraction of sp³-hybridized carbons (Fsp3) is 0.368. The molecule has 1 aromatic carbocycles. The van der Waals surface area contributed by atoms with E-state index < -0.39 is 5.91 Å². The molecule has 7 nitrogen and oxygen atoms in total. The minimum atomic E-state index is -0.406. The van der Waals surface area contributed by atoms with Crippen LogP contribution in [0.15, 0.2) is 41.3 Å². The Morgan fingerprint density at radius 1 is 1.41 bits per heavy atom. The van der Waals surface area contributed by atoms with Crippen molar-refractivity contribution in [3.8, 4) is 5.75 Å². The maximum absolute atomic E-state index is 12.8. The van der Waals surface area contributed by atoms with E-state index in [2.05, 4.69) is 25.9 Å². The highest BCUT2D eigenvalue weighted by molar-refractivity contribution is 9.10. The molecule has 2 aromatic rings. The number of aromatic nitrogens is 2. The number of ether oxygens (including phenoxy) is 1. The molecule has 0 radical (unpaired) electrons.